The molecule has 3 nitrogen and oxygen atoms in total. The predicted octanol–water partition coefficient (Wildman–Crippen LogP) is 2.23. The number of esters is 1. The Morgan fingerprint density at radius 3 is 2.75 bits per heavy atom. The van der Waals surface area contributed by atoms with Gasteiger partial charge in [-0.2, -0.15) is 0 Å². The molecule has 0 amide bonds. The van der Waals surface area contributed by atoms with Crippen LogP contribution < -0.4 is 0 Å². The number of nitrogens with zero attached hydrogens (tertiary/aromatic N) is 1. The van der Waals surface area contributed by atoms with Crippen LogP contribution in [-0.2, 0) is 9.53 Å². The Labute approximate surface area is 98.5 Å². The molecule has 1 aliphatic rings. The van der Waals surface area contributed by atoms with Gasteiger partial charge in [-0.25, -0.2) is 4.79 Å². The van der Waals surface area contributed by atoms with Crippen LogP contribution in [0.1, 0.15) is 33.1 Å². The molecule has 0 aromatic rings. The Balaban J connectivity index is 2.21. The molecule has 0 N–H and O–H groups in total. The molecule has 1 saturated carbocycles. The molecule has 92 valence electrons. The molecule has 0 radical (unpaired) electrons. The summed E-state index contributed by atoms with van der Waals surface area (Å²) >= 11 is 0. The number of carbonyl (C=O) groups is 1. The van der Waals surface area contributed by atoms with Crippen LogP contribution in [0.25, 0.3) is 0 Å². The smallest absolute Gasteiger partial charge is 0.330 e. The highest BCUT2D eigenvalue weighted by Gasteiger charge is 2.23. The van der Waals surface area contributed by atoms with Crippen molar-refractivity contribution in [3.8, 4) is 0 Å². The second-order valence-electron chi connectivity index (χ2n) is 4.36. The molecule has 0 atom stereocenters. The van der Waals surface area contributed by atoms with Crippen molar-refractivity contribution in [2.24, 2.45) is 5.92 Å². The number of carbonyl (C=O) groups excluding carboxylic acids is 1. The summed E-state index contributed by atoms with van der Waals surface area (Å²) in [5.41, 5.74) is 0. The zero-order valence-corrected chi connectivity index (χ0v) is 10.4. The molecule has 1 fully saturated rings. The summed E-state index contributed by atoms with van der Waals surface area (Å²) in [6.45, 7) is 7.62. The Kier molecular flexibility index (Phi) is 6.16. The maximum Gasteiger partial charge on any atom is 0.330 e. The van der Waals surface area contributed by atoms with E-state index in [0.29, 0.717) is 6.61 Å². The van der Waals surface area contributed by atoms with Crippen molar-refractivity contribution in [1.29, 1.82) is 0 Å². The van der Waals surface area contributed by atoms with Gasteiger partial charge < -0.3 is 4.74 Å². The first-order chi connectivity index (χ1) is 7.76. The van der Waals surface area contributed by atoms with Gasteiger partial charge in [0.25, 0.3) is 0 Å². The van der Waals surface area contributed by atoms with Crippen LogP contribution >= 0.6 is 0 Å². The van der Waals surface area contributed by atoms with Crippen molar-refractivity contribution < 1.29 is 9.53 Å². The lowest BCUT2D eigenvalue weighted by Gasteiger charge is -2.19. The van der Waals surface area contributed by atoms with Gasteiger partial charge in [0.15, 0.2) is 0 Å². The molecule has 0 aromatic heterocycles. The largest absolute Gasteiger partial charge is 0.463 e. The lowest BCUT2D eigenvalue weighted by atomic mass is 10.3. The summed E-state index contributed by atoms with van der Waals surface area (Å²) in [5.74, 6) is 0.674. The maximum atomic E-state index is 11.1. The van der Waals surface area contributed by atoms with Crippen molar-refractivity contribution in [1.82, 2.24) is 4.90 Å². The minimum atomic E-state index is -0.231. The number of rotatable bonds is 8. The van der Waals surface area contributed by atoms with Gasteiger partial charge in [0, 0.05) is 19.2 Å². The molecular formula is C13H23NO2. The summed E-state index contributed by atoms with van der Waals surface area (Å²) < 4.78 is 4.83. The van der Waals surface area contributed by atoms with Crippen LogP contribution in [0.15, 0.2) is 12.2 Å². The molecule has 0 unspecified atom stereocenters. The Morgan fingerprint density at radius 1 is 1.44 bits per heavy atom. The third-order valence-corrected chi connectivity index (χ3v) is 2.66. The summed E-state index contributed by atoms with van der Waals surface area (Å²) in [4.78, 5) is 13.5. The zero-order valence-electron chi connectivity index (χ0n) is 10.4. The van der Waals surface area contributed by atoms with Gasteiger partial charge >= 0.3 is 5.97 Å². The molecule has 0 bridgehead atoms. The van der Waals surface area contributed by atoms with Crippen molar-refractivity contribution in [3.05, 3.63) is 12.2 Å². The van der Waals surface area contributed by atoms with Crippen LogP contribution in [0.5, 0.6) is 0 Å². The first-order valence-electron chi connectivity index (χ1n) is 6.31. The first-order valence-corrected chi connectivity index (χ1v) is 6.31. The van der Waals surface area contributed by atoms with Crippen LogP contribution in [-0.4, -0.2) is 37.1 Å². The normalized spacial score (nSPS) is 15.9. The summed E-state index contributed by atoms with van der Waals surface area (Å²) in [5, 5.41) is 0. The summed E-state index contributed by atoms with van der Waals surface area (Å²) in [6.07, 6.45) is 7.37. The molecular weight excluding hydrogens is 202 g/mol. The predicted molar refractivity (Wildman–Crippen MR) is 65.2 cm³/mol. The molecule has 3 heteroatoms. The van der Waals surface area contributed by atoms with Gasteiger partial charge in [0.1, 0.15) is 0 Å². The molecule has 0 saturated heterocycles. The Morgan fingerprint density at radius 2 is 2.19 bits per heavy atom. The molecule has 0 aromatic carbocycles. The highest BCUT2D eigenvalue weighted by atomic mass is 16.5. The molecule has 0 aliphatic heterocycles. The second kappa shape index (κ2) is 7.44. The van der Waals surface area contributed by atoms with E-state index in [1.807, 2.05) is 13.0 Å². The molecule has 16 heavy (non-hydrogen) atoms. The fraction of sp³-hybridized carbons (Fsp3) is 0.769. The van der Waals surface area contributed by atoms with E-state index in [1.54, 1.807) is 6.08 Å². The summed E-state index contributed by atoms with van der Waals surface area (Å²) in [7, 11) is 0. The van der Waals surface area contributed by atoms with E-state index in [4.69, 9.17) is 4.74 Å². The maximum absolute atomic E-state index is 11.1. The van der Waals surface area contributed by atoms with E-state index in [-0.39, 0.29) is 5.97 Å². The topological polar surface area (TPSA) is 29.5 Å². The van der Waals surface area contributed by atoms with E-state index in [2.05, 4.69) is 11.8 Å². The van der Waals surface area contributed by atoms with Crippen LogP contribution in [0.4, 0.5) is 0 Å². The zero-order chi connectivity index (χ0) is 11.8. The fourth-order valence-electron chi connectivity index (χ4n) is 1.73. The van der Waals surface area contributed by atoms with Crippen LogP contribution in [0, 0.1) is 5.92 Å². The van der Waals surface area contributed by atoms with Gasteiger partial charge in [0.2, 0.25) is 0 Å². The monoisotopic (exact) mass is 225 g/mol. The van der Waals surface area contributed by atoms with E-state index in [0.717, 1.165) is 19.0 Å². The van der Waals surface area contributed by atoms with Crippen LogP contribution in [0.3, 0.4) is 0 Å². The van der Waals surface area contributed by atoms with Crippen molar-refractivity contribution >= 4 is 5.97 Å². The lowest BCUT2D eigenvalue weighted by molar-refractivity contribution is -0.137. The molecule has 0 heterocycles. The highest BCUT2D eigenvalue weighted by Crippen LogP contribution is 2.29. The van der Waals surface area contributed by atoms with Gasteiger partial charge in [-0.1, -0.05) is 13.0 Å². The SMILES string of the molecule is CCCN(C/C=C/C(=O)OCC)CC1CC1. The quantitative estimate of drug-likeness (QED) is 0.468. The highest BCUT2D eigenvalue weighted by molar-refractivity contribution is 5.81. The number of ether oxygens (including phenoxy) is 1. The van der Waals surface area contributed by atoms with Gasteiger partial charge in [0.05, 0.1) is 6.61 Å². The molecule has 0 spiro atoms. The van der Waals surface area contributed by atoms with Gasteiger partial charge in [-0.15, -0.1) is 0 Å². The van der Waals surface area contributed by atoms with E-state index in [1.165, 1.54) is 25.8 Å². The van der Waals surface area contributed by atoms with Crippen molar-refractivity contribution in [3.63, 3.8) is 0 Å². The first kappa shape index (κ1) is 13.2. The number of hydrogen-bond donors (Lipinski definition) is 0. The summed E-state index contributed by atoms with van der Waals surface area (Å²) in [6, 6.07) is 0. The Bertz CT molecular complexity index is 234. The van der Waals surface area contributed by atoms with Crippen molar-refractivity contribution in [2.45, 2.75) is 33.1 Å². The van der Waals surface area contributed by atoms with Crippen LogP contribution in [0.2, 0.25) is 0 Å². The fourth-order valence-corrected chi connectivity index (χ4v) is 1.73. The minimum Gasteiger partial charge on any atom is -0.463 e. The van der Waals surface area contributed by atoms with E-state index in [9.17, 15) is 4.79 Å². The second-order valence-corrected chi connectivity index (χ2v) is 4.36. The average molecular weight is 225 g/mol. The third kappa shape index (κ3) is 5.91. The minimum absolute atomic E-state index is 0.231. The van der Waals surface area contributed by atoms with E-state index < -0.39 is 0 Å². The molecule has 1 rings (SSSR count). The average Bonchev–Trinajstić information content (AvgIpc) is 3.02. The molecule has 1 aliphatic carbocycles. The third-order valence-electron chi connectivity index (χ3n) is 2.66. The van der Waals surface area contributed by atoms with Gasteiger partial charge in [-0.3, -0.25) is 4.90 Å². The van der Waals surface area contributed by atoms with Crippen molar-refractivity contribution in [2.75, 3.05) is 26.2 Å². The van der Waals surface area contributed by atoms with Gasteiger partial charge in [-0.05, 0) is 38.6 Å². The lowest BCUT2D eigenvalue weighted by Crippen LogP contribution is -2.27. The number of hydrogen-bond acceptors (Lipinski definition) is 3. The van der Waals surface area contributed by atoms with E-state index >= 15 is 0 Å². The standard InChI is InChI=1S/C13H23NO2/c1-3-9-14(11-12-7-8-12)10-5-6-13(15)16-4-2/h5-6,12H,3-4,7-11H2,1-2H3/b6-5+. The Hall–Kier alpha value is -0.830.